The van der Waals surface area contributed by atoms with Gasteiger partial charge in [0.1, 0.15) is 73.0 Å². The number of rotatable bonds is 40. The SMILES string of the molecule is C[C@@H]1[C@H](OCc2cn(C[C@H]3O[C@@H](OCc4cn(CCOCCn5cc(CO[C@@H]6O[C@H](C[n+]7cc(CO[C@@H]8O[C@H](CN=[N+]=[N-])[C@@H](C)[C@H](OC(=O)c9ccccc9)[C@@H]8OC(=O)c8ccccc8)[nH]n7)[C@@H](C)[C@H](OC(=O)c7ccccc7)[C@@H]6OC(=O)c6ccccc6)nn5)nn4)[C@@H](C)[C@@H](OC(=O)c4ccccc4)[C@@H]3OC(=O)c3ccccc3)nn2)O[C@H](CN=[N+]=[N-])[C@@H](OC(=O)c2ccccc2)[C@@H]1C. The molecule has 4 fully saturated rings. The number of esters is 7. The molecule has 41 nitrogen and oxygen atoms in total. The first-order chi connectivity index (χ1) is 65.8. The highest BCUT2D eigenvalue weighted by Crippen LogP contribution is 2.39. The van der Waals surface area contributed by atoms with Crippen molar-refractivity contribution in [1.82, 2.24) is 55.3 Å². The second kappa shape index (κ2) is 46.3. The standard InChI is InChI=1S/C94H98N18O23/c1-57-58(2)91(126-74(46-98-104-96)77(57)129-84(113)62-27-13-6-14-28-62)121-54-71-50-112(108-101-71)52-76-81(133-88(117)66-35-21-10-22-36-66)80(132-87(116)65-33-19-9-20-34-65)61(5)92(128-76)122-53-69-47-109(105-99-69)41-43-120-44-42-110-48-70(100-106-110)55-124-94-83(135-90(119)68-39-25-12-26-40-68)79(131-86(115)64-31-17-8-18-32-64)60(4)75(127-94)51-111-49-72(102-107-111)56-123-93-82(134-89(118)67-37-23-11-24-38-67)78(59(3)73(125-93)45-97-103-95)130-85(114)63-29-15-7-16-30-63/h6-40,47-50,57-61,73-83,91-94H,41-46,51-56H2,1-5H3/p+1/t57-,58+,59-,60-,61+,73-,74-,75-,76-,77+,78+,79+,80-,81-,82+,83+,91-,92-,93-,94-/m1/s1. The maximum Gasteiger partial charge on any atom is 0.338 e. The zero-order chi connectivity index (χ0) is 94.1. The van der Waals surface area contributed by atoms with Gasteiger partial charge in [0.2, 0.25) is 0 Å². The van der Waals surface area contributed by atoms with Crippen molar-refractivity contribution in [3.63, 3.8) is 0 Å². The van der Waals surface area contributed by atoms with Crippen molar-refractivity contribution >= 4 is 41.8 Å². The third-order valence-electron chi connectivity index (χ3n) is 23.5. The van der Waals surface area contributed by atoms with Crippen LogP contribution < -0.4 is 4.68 Å². The Labute approximate surface area is 772 Å². The van der Waals surface area contributed by atoms with E-state index in [1.807, 2.05) is 13.8 Å². The average Bonchev–Trinajstić information content (AvgIpc) is 1.54. The van der Waals surface area contributed by atoms with Gasteiger partial charge in [0.15, 0.2) is 55.4 Å². The van der Waals surface area contributed by atoms with E-state index in [4.69, 9.17) is 75.8 Å². The van der Waals surface area contributed by atoms with Gasteiger partial charge in [-0.2, -0.15) is 0 Å². The van der Waals surface area contributed by atoms with Gasteiger partial charge in [0.05, 0.1) is 135 Å². The largest absolute Gasteiger partial charge is 0.456 e. The number of aromatic amines is 1. The molecular weight excluding hydrogens is 1750 g/mol. The summed E-state index contributed by atoms with van der Waals surface area (Å²) in [6.07, 6.45) is -10.3. The van der Waals surface area contributed by atoms with Gasteiger partial charge in [0.25, 0.3) is 0 Å². The van der Waals surface area contributed by atoms with E-state index in [1.165, 1.54) is 9.36 Å². The predicted octanol–water partition coefficient (Wildman–Crippen LogP) is 10.9. The van der Waals surface area contributed by atoms with Crippen LogP contribution in [0.25, 0.3) is 20.9 Å². The third kappa shape index (κ3) is 24.9. The van der Waals surface area contributed by atoms with E-state index in [1.54, 1.807) is 267 Å². The molecule has 4 saturated heterocycles. The van der Waals surface area contributed by atoms with Crippen LogP contribution in [-0.4, -0.2) is 216 Å². The lowest BCUT2D eigenvalue weighted by molar-refractivity contribution is -0.761. The van der Waals surface area contributed by atoms with Crippen LogP contribution in [-0.2, 0) is 128 Å². The highest BCUT2D eigenvalue weighted by Gasteiger charge is 2.54. The summed E-state index contributed by atoms with van der Waals surface area (Å²) in [5, 5.41) is 41.2. The Balaban J connectivity index is 0.586. The van der Waals surface area contributed by atoms with Gasteiger partial charge >= 0.3 is 41.8 Å². The van der Waals surface area contributed by atoms with Crippen molar-refractivity contribution in [2.24, 2.45) is 39.8 Å². The fourth-order valence-electron chi connectivity index (χ4n) is 15.9. The smallest absolute Gasteiger partial charge is 0.338 e. The first kappa shape index (κ1) is 95.3. The summed E-state index contributed by atoms with van der Waals surface area (Å²) in [5.74, 6) is -7.74. The van der Waals surface area contributed by atoms with Gasteiger partial charge in [-0.25, -0.2) is 47.6 Å². The number of hydrogen-bond acceptors (Lipinski definition) is 32. The lowest BCUT2D eigenvalue weighted by atomic mass is 9.84. The zero-order valence-corrected chi connectivity index (χ0v) is 74.0. The molecule has 0 bridgehead atoms. The third-order valence-corrected chi connectivity index (χ3v) is 23.5. The number of benzene rings is 7. The number of carbonyl (C=O) groups excluding carboxylic acids is 7. The molecule has 11 aromatic rings. The van der Waals surface area contributed by atoms with E-state index in [0.29, 0.717) is 28.3 Å². The van der Waals surface area contributed by atoms with Gasteiger partial charge < -0.3 is 75.8 Å². The molecule has 7 aromatic carbocycles. The van der Waals surface area contributed by atoms with Crippen LogP contribution in [0.4, 0.5) is 0 Å². The number of carbonyl (C=O) groups is 7. The summed E-state index contributed by atoms with van der Waals surface area (Å²) < 4.78 is 108. The summed E-state index contributed by atoms with van der Waals surface area (Å²) in [6.45, 7) is 8.68. The highest BCUT2D eigenvalue weighted by atomic mass is 16.7. The van der Waals surface area contributed by atoms with Crippen LogP contribution in [0.2, 0.25) is 0 Å². The minimum absolute atomic E-state index is 0.0209. The average molecular weight is 1850 g/mol. The zero-order valence-electron chi connectivity index (χ0n) is 74.0. The molecule has 135 heavy (non-hydrogen) atoms. The van der Waals surface area contributed by atoms with Crippen molar-refractivity contribution in [1.29, 1.82) is 0 Å². The van der Waals surface area contributed by atoms with E-state index >= 15 is 0 Å². The summed E-state index contributed by atoms with van der Waals surface area (Å²) >= 11 is 0. The van der Waals surface area contributed by atoms with Gasteiger partial charge in [-0.15, -0.1) is 25.1 Å². The Bertz CT molecular complexity index is 5850. The maximum atomic E-state index is 14.2. The second-order valence-electron chi connectivity index (χ2n) is 32.7. The lowest BCUT2D eigenvalue weighted by Gasteiger charge is -2.44. The summed E-state index contributed by atoms with van der Waals surface area (Å²) in [7, 11) is 0. The molecule has 4 aliphatic rings. The quantitative estimate of drug-likeness (QED) is 0.00709. The minimum Gasteiger partial charge on any atom is -0.456 e. The molecule has 4 aromatic heterocycles. The molecule has 0 saturated carbocycles. The van der Waals surface area contributed by atoms with Gasteiger partial charge in [0, 0.05) is 39.4 Å². The van der Waals surface area contributed by atoms with Crippen molar-refractivity contribution < 1.29 is 114 Å². The molecular formula is C94H99N18O23+. The molecule has 0 unspecified atom stereocenters. The van der Waals surface area contributed by atoms with E-state index < -0.39 is 152 Å². The fourth-order valence-corrected chi connectivity index (χ4v) is 15.9. The van der Waals surface area contributed by atoms with E-state index in [9.17, 15) is 44.6 Å². The molecule has 0 amide bonds. The number of aromatic nitrogens is 12. The Hall–Kier alpha value is -14.4. The summed E-state index contributed by atoms with van der Waals surface area (Å²) in [4.78, 5) is 103. The Morgan fingerprint density at radius 2 is 0.681 bits per heavy atom. The molecule has 8 heterocycles. The number of hydrogen-bond donors (Lipinski definition) is 1. The monoisotopic (exact) mass is 1850 g/mol. The fraction of sp³-hybridized carbons (Fsp3) is 0.394. The molecule has 4 aliphatic heterocycles. The number of azide groups is 2. The van der Waals surface area contributed by atoms with Crippen LogP contribution >= 0.6 is 0 Å². The molecule has 20 atom stereocenters. The minimum atomic E-state index is -1.42. The van der Waals surface area contributed by atoms with Gasteiger partial charge in [-0.1, -0.05) is 188 Å². The van der Waals surface area contributed by atoms with Gasteiger partial charge in [-0.3, -0.25) is 0 Å². The molecule has 0 radical (unpaired) electrons. The van der Waals surface area contributed by atoms with E-state index in [2.05, 4.69) is 61.3 Å². The Morgan fingerprint density at radius 1 is 0.363 bits per heavy atom. The first-order valence-electron chi connectivity index (χ1n) is 43.9. The van der Waals surface area contributed by atoms with Crippen molar-refractivity contribution in [2.75, 3.05) is 26.3 Å². The predicted molar refractivity (Wildman–Crippen MR) is 467 cm³/mol. The summed E-state index contributed by atoms with van der Waals surface area (Å²) in [5.41, 5.74) is 21.9. The molecule has 0 aliphatic carbocycles. The second-order valence-corrected chi connectivity index (χ2v) is 32.7. The number of nitrogens with one attached hydrogen (secondary N) is 1. The lowest BCUT2D eigenvalue weighted by Crippen LogP contribution is -2.60. The highest BCUT2D eigenvalue weighted by molar-refractivity contribution is 5.93. The van der Waals surface area contributed by atoms with Crippen LogP contribution in [0.15, 0.2) is 247 Å². The van der Waals surface area contributed by atoms with Crippen molar-refractivity contribution in [2.45, 2.75) is 180 Å². The van der Waals surface area contributed by atoms with E-state index in [-0.39, 0.29) is 124 Å². The normalized spacial score (nSPS) is 24.8. The van der Waals surface area contributed by atoms with Crippen LogP contribution in [0.3, 0.4) is 0 Å². The van der Waals surface area contributed by atoms with Crippen LogP contribution in [0.1, 0.15) is 130 Å². The maximum absolute atomic E-state index is 14.2. The van der Waals surface area contributed by atoms with Crippen LogP contribution in [0.5, 0.6) is 0 Å². The van der Waals surface area contributed by atoms with Crippen LogP contribution in [0, 0.1) is 29.6 Å². The van der Waals surface area contributed by atoms with Gasteiger partial charge in [-0.05, 0) is 96.0 Å². The number of nitrogens with zero attached hydrogens (tertiary/aromatic N) is 17. The molecule has 15 rings (SSSR count). The molecule has 702 valence electrons. The number of H-pyrrole nitrogens is 1. The molecule has 0 spiro atoms. The Morgan fingerprint density at radius 3 is 1.10 bits per heavy atom. The van der Waals surface area contributed by atoms with E-state index in [0.717, 1.165) is 0 Å². The first-order valence-corrected chi connectivity index (χ1v) is 43.9. The number of ether oxygens (including phenoxy) is 16. The summed E-state index contributed by atoms with van der Waals surface area (Å²) in [6, 6.07) is 58.3. The van der Waals surface area contributed by atoms with Crippen molar-refractivity contribution in [3.8, 4) is 0 Å². The topological polar surface area (TPSA) is 489 Å². The Kier molecular flexibility index (Phi) is 32.7. The van der Waals surface area contributed by atoms with Crippen molar-refractivity contribution in [3.05, 3.63) is 320 Å². The molecule has 41 heteroatoms. The molecule has 1 N–H and O–H groups in total.